The van der Waals surface area contributed by atoms with Crippen LogP contribution < -0.4 is 0 Å². The molecule has 10 heavy (non-hydrogen) atoms. The SMILES string of the molecule is CCC(C)N1CCCC1O. The van der Waals surface area contributed by atoms with E-state index in [1.165, 1.54) is 0 Å². The van der Waals surface area contributed by atoms with E-state index in [9.17, 15) is 5.11 Å². The molecule has 1 aliphatic rings. The molecule has 0 radical (unpaired) electrons. The van der Waals surface area contributed by atoms with Crippen LogP contribution >= 0.6 is 0 Å². The second-order valence-corrected chi connectivity index (χ2v) is 3.12. The van der Waals surface area contributed by atoms with Gasteiger partial charge in [-0.25, -0.2) is 0 Å². The summed E-state index contributed by atoms with van der Waals surface area (Å²) in [7, 11) is 0. The Labute approximate surface area is 62.8 Å². The van der Waals surface area contributed by atoms with Crippen LogP contribution in [0.2, 0.25) is 0 Å². The smallest absolute Gasteiger partial charge is 0.107 e. The van der Waals surface area contributed by atoms with Gasteiger partial charge in [0.05, 0.1) is 0 Å². The van der Waals surface area contributed by atoms with E-state index >= 15 is 0 Å². The van der Waals surface area contributed by atoms with Gasteiger partial charge in [0, 0.05) is 12.6 Å². The maximum absolute atomic E-state index is 9.42. The van der Waals surface area contributed by atoms with Crippen LogP contribution in [-0.2, 0) is 0 Å². The molecular formula is C8H17NO. The van der Waals surface area contributed by atoms with Crippen LogP contribution in [0.1, 0.15) is 33.1 Å². The number of aliphatic hydroxyl groups is 1. The molecule has 1 N–H and O–H groups in total. The van der Waals surface area contributed by atoms with Crippen molar-refractivity contribution in [3.63, 3.8) is 0 Å². The summed E-state index contributed by atoms with van der Waals surface area (Å²) in [5.74, 6) is 0. The highest BCUT2D eigenvalue weighted by molar-refractivity contribution is 4.74. The summed E-state index contributed by atoms with van der Waals surface area (Å²) in [6.45, 7) is 5.42. The van der Waals surface area contributed by atoms with E-state index in [4.69, 9.17) is 0 Å². The molecule has 2 unspecified atom stereocenters. The van der Waals surface area contributed by atoms with Gasteiger partial charge >= 0.3 is 0 Å². The molecule has 60 valence electrons. The van der Waals surface area contributed by atoms with E-state index in [2.05, 4.69) is 18.7 Å². The van der Waals surface area contributed by atoms with E-state index in [-0.39, 0.29) is 6.23 Å². The number of aliphatic hydroxyl groups excluding tert-OH is 1. The standard InChI is InChI=1S/C8H17NO/c1-3-7(2)9-6-4-5-8(9)10/h7-8,10H,3-6H2,1-2H3. The van der Waals surface area contributed by atoms with Gasteiger partial charge in [-0.05, 0) is 26.2 Å². The summed E-state index contributed by atoms with van der Waals surface area (Å²) in [5, 5.41) is 9.42. The van der Waals surface area contributed by atoms with Crippen molar-refractivity contribution in [2.45, 2.75) is 45.4 Å². The number of hydrogen-bond donors (Lipinski definition) is 1. The molecule has 0 aliphatic carbocycles. The Kier molecular flexibility index (Phi) is 2.69. The van der Waals surface area contributed by atoms with Gasteiger partial charge in [0.1, 0.15) is 6.23 Å². The third-order valence-corrected chi connectivity index (χ3v) is 2.42. The quantitative estimate of drug-likeness (QED) is 0.628. The molecule has 1 aliphatic heterocycles. The summed E-state index contributed by atoms with van der Waals surface area (Å²) in [6.07, 6.45) is 3.10. The molecule has 1 heterocycles. The second kappa shape index (κ2) is 3.35. The zero-order valence-corrected chi connectivity index (χ0v) is 6.88. The summed E-state index contributed by atoms with van der Waals surface area (Å²) in [4.78, 5) is 2.18. The van der Waals surface area contributed by atoms with Gasteiger partial charge in [0.25, 0.3) is 0 Å². The number of nitrogens with zero attached hydrogens (tertiary/aromatic N) is 1. The Morgan fingerprint density at radius 2 is 2.40 bits per heavy atom. The minimum Gasteiger partial charge on any atom is -0.378 e. The fraction of sp³-hybridized carbons (Fsp3) is 1.00. The highest BCUT2D eigenvalue weighted by Crippen LogP contribution is 2.18. The third kappa shape index (κ3) is 1.50. The predicted molar refractivity (Wildman–Crippen MR) is 41.7 cm³/mol. The lowest BCUT2D eigenvalue weighted by atomic mass is 10.2. The highest BCUT2D eigenvalue weighted by Gasteiger charge is 2.24. The van der Waals surface area contributed by atoms with Crippen molar-refractivity contribution in [2.75, 3.05) is 6.54 Å². The van der Waals surface area contributed by atoms with Gasteiger partial charge in [-0.3, -0.25) is 4.90 Å². The van der Waals surface area contributed by atoms with Crippen LogP contribution in [0.3, 0.4) is 0 Å². The Hall–Kier alpha value is -0.0800. The molecular weight excluding hydrogens is 126 g/mol. The average molecular weight is 143 g/mol. The zero-order valence-electron chi connectivity index (χ0n) is 6.88. The lowest BCUT2D eigenvalue weighted by molar-refractivity contribution is 0.0124. The molecule has 0 amide bonds. The third-order valence-electron chi connectivity index (χ3n) is 2.42. The van der Waals surface area contributed by atoms with Crippen LogP contribution in [0.15, 0.2) is 0 Å². The van der Waals surface area contributed by atoms with Crippen molar-refractivity contribution in [2.24, 2.45) is 0 Å². The first-order valence-corrected chi connectivity index (χ1v) is 4.19. The van der Waals surface area contributed by atoms with Crippen molar-refractivity contribution >= 4 is 0 Å². The summed E-state index contributed by atoms with van der Waals surface area (Å²) >= 11 is 0. The van der Waals surface area contributed by atoms with Crippen LogP contribution in [0.5, 0.6) is 0 Å². The average Bonchev–Trinajstić information content (AvgIpc) is 2.34. The summed E-state index contributed by atoms with van der Waals surface area (Å²) < 4.78 is 0. The van der Waals surface area contributed by atoms with E-state index < -0.39 is 0 Å². The van der Waals surface area contributed by atoms with Crippen LogP contribution in [-0.4, -0.2) is 28.8 Å². The highest BCUT2D eigenvalue weighted by atomic mass is 16.3. The monoisotopic (exact) mass is 143 g/mol. The first kappa shape index (κ1) is 8.02. The molecule has 1 rings (SSSR count). The lowest BCUT2D eigenvalue weighted by Crippen LogP contribution is -2.36. The largest absolute Gasteiger partial charge is 0.378 e. The van der Waals surface area contributed by atoms with Crippen molar-refractivity contribution in [1.82, 2.24) is 4.90 Å². The van der Waals surface area contributed by atoms with E-state index in [0.29, 0.717) is 6.04 Å². The van der Waals surface area contributed by atoms with Crippen molar-refractivity contribution < 1.29 is 5.11 Å². The van der Waals surface area contributed by atoms with Crippen molar-refractivity contribution in [3.05, 3.63) is 0 Å². The maximum atomic E-state index is 9.42. The molecule has 2 atom stereocenters. The summed E-state index contributed by atoms with van der Waals surface area (Å²) in [6, 6.07) is 0.553. The maximum Gasteiger partial charge on any atom is 0.107 e. The number of rotatable bonds is 2. The molecule has 0 aromatic rings. The molecule has 0 aromatic heterocycles. The second-order valence-electron chi connectivity index (χ2n) is 3.12. The first-order chi connectivity index (χ1) is 4.75. The van der Waals surface area contributed by atoms with Crippen molar-refractivity contribution in [3.8, 4) is 0 Å². The normalized spacial score (nSPS) is 30.9. The lowest BCUT2D eigenvalue weighted by Gasteiger charge is -2.26. The minimum absolute atomic E-state index is 0.157. The van der Waals surface area contributed by atoms with Crippen LogP contribution in [0.25, 0.3) is 0 Å². The Morgan fingerprint density at radius 1 is 1.70 bits per heavy atom. The topological polar surface area (TPSA) is 23.5 Å². The van der Waals surface area contributed by atoms with Crippen LogP contribution in [0.4, 0.5) is 0 Å². The molecule has 0 bridgehead atoms. The molecule has 1 saturated heterocycles. The van der Waals surface area contributed by atoms with Gasteiger partial charge < -0.3 is 5.11 Å². The van der Waals surface area contributed by atoms with Gasteiger partial charge in [-0.15, -0.1) is 0 Å². The molecule has 1 fully saturated rings. The molecule has 2 heteroatoms. The summed E-state index contributed by atoms with van der Waals surface area (Å²) in [5.41, 5.74) is 0. The molecule has 0 aromatic carbocycles. The Balaban J connectivity index is 2.38. The number of likely N-dealkylation sites (tertiary alicyclic amines) is 1. The van der Waals surface area contributed by atoms with Crippen LogP contribution in [0, 0.1) is 0 Å². The molecule has 0 saturated carbocycles. The minimum atomic E-state index is -0.157. The molecule has 2 nitrogen and oxygen atoms in total. The predicted octanol–water partition coefficient (Wildman–Crippen LogP) is 1.20. The zero-order chi connectivity index (χ0) is 7.56. The van der Waals surface area contributed by atoms with Gasteiger partial charge in [0.15, 0.2) is 0 Å². The first-order valence-electron chi connectivity index (χ1n) is 4.19. The molecule has 0 spiro atoms. The van der Waals surface area contributed by atoms with E-state index in [1.807, 2.05) is 0 Å². The Morgan fingerprint density at radius 3 is 2.80 bits per heavy atom. The van der Waals surface area contributed by atoms with Gasteiger partial charge in [0.2, 0.25) is 0 Å². The fourth-order valence-corrected chi connectivity index (χ4v) is 1.52. The Bertz CT molecular complexity index is 105. The number of hydrogen-bond acceptors (Lipinski definition) is 2. The van der Waals surface area contributed by atoms with E-state index in [1.54, 1.807) is 0 Å². The fourth-order valence-electron chi connectivity index (χ4n) is 1.52. The van der Waals surface area contributed by atoms with Crippen molar-refractivity contribution in [1.29, 1.82) is 0 Å². The van der Waals surface area contributed by atoms with E-state index in [0.717, 1.165) is 25.8 Å². The van der Waals surface area contributed by atoms with Gasteiger partial charge in [-0.1, -0.05) is 6.92 Å². The van der Waals surface area contributed by atoms with Gasteiger partial charge in [-0.2, -0.15) is 0 Å².